The van der Waals surface area contributed by atoms with Crippen LogP contribution in [0.25, 0.3) is 49.9 Å². The zero-order valence-electron chi connectivity index (χ0n) is 38.2. The smallest absolute Gasteiger partial charge is 0.137 e. The standard InChI is InChI=1S/C59H56N4O/c1-39(2)49-20-12-13-21-50(49)42-32-46(62-38-61(54-24-16-17-25-55(54)62)45-31-41(40-18-10-9-11-19-40)30-44(34-45)59(6,7)8)36-48(33-42)64-47-26-27-52-51-22-14-15-23-53(51)63(56(52)37-47)57-35-43(28-29-60-57)58(3,4)5/h9-37,39H,38H2,1-8H3. The monoisotopic (exact) mass is 836 g/mol. The van der Waals surface area contributed by atoms with Crippen LogP contribution in [-0.2, 0) is 10.8 Å². The fourth-order valence-electron chi connectivity index (χ4n) is 9.27. The maximum atomic E-state index is 7.06. The van der Waals surface area contributed by atoms with Gasteiger partial charge in [-0.2, -0.15) is 0 Å². The normalized spacial score (nSPS) is 13.0. The number of rotatable bonds is 8. The fourth-order valence-corrected chi connectivity index (χ4v) is 9.27. The lowest BCUT2D eigenvalue weighted by Gasteiger charge is -2.27. The molecule has 318 valence electrons. The van der Waals surface area contributed by atoms with E-state index >= 15 is 0 Å². The van der Waals surface area contributed by atoms with Gasteiger partial charge in [-0.15, -0.1) is 0 Å². The molecule has 5 nitrogen and oxygen atoms in total. The molecule has 0 atom stereocenters. The predicted octanol–water partition coefficient (Wildman–Crippen LogP) is 16.3. The van der Waals surface area contributed by atoms with Crippen molar-refractivity contribution in [1.82, 2.24) is 9.55 Å². The van der Waals surface area contributed by atoms with Crippen LogP contribution in [0.3, 0.4) is 0 Å². The third-order valence-corrected chi connectivity index (χ3v) is 12.8. The summed E-state index contributed by atoms with van der Waals surface area (Å²) in [6.07, 6.45) is 1.93. The Balaban J connectivity index is 1.10. The maximum Gasteiger partial charge on any atom is 0.137 e. The molecule has 2 aromatic heterocycles. The van der Waals surface area contributed by atoms with Crippen LogP contribution in [0.2, 0.25) is 0 Å². The molecule has 1 aliphatic heterocycles. The Morgan fingerprint density at radius 1 is 0.500 bits per heavy atom. The van der Waals surface area contributed by atoms with Gasteiger partial charge in [-0.1, -0.05) is 146 Å². The van der Waals surface area contributed by atoms with Crippen LogP contribution in [0.15, 0.2) is 176 Å². The highest BCUT2D eigenvalue weighted by Crippen LogP contribution is 2.48. The second-order valence-corrected chi connectivity index (χ2v) is 19.6. The van der Waals surface area contributed by atoms with Crippen molar-refractivity contribution in [2.24, 2.45) is 0 Å². The summed E-state index contributed by atoms with van der Waals surface area (Å²) in [5.41, 5.74) is 15.3. The van der Waals surface area contributed by atoms with Gasteiger partial charge in [-0.25, -0.2) is 4.98 Å². The van der Waals surface area contributed by atoms with Gasteiger partial charge in [0.05, 0.1) is 22.4 Å². The minimum atomic E-state index is -0.0345. The molecule has 7 aromatic carbocycles. The third-order valence-electron chi connectivity index (χ3n) is 12.8. The van der Waals surface area contributed by atoms with Crippen molar-refractivity contribution >= 4 is 44.6 Å². The molecule has 0 aliphatic carbocycles. The first kappa shape index (κ1) is 40.9. The number of ether oxygens (including phenoxy) is 1. The molecule has 0 radical (unpaired) electrons. The number of anilines is 4. The average molecular weight is 837 g/mol. The molecule has 0 bridgehead atoms. The van der Waals surface area contributed by atoms with E-state index in [9.17, 15) is 0 Å². The summed E-state index contributed by atoms with van der Waals surface area (Å²) < 4.78 is 9.34. The summed E-state index contributed by atoms with van der Waals surface area (Å²) in [7, 11) is 0. The number of aromatic nitrogens is 2. The van der Waals surface area contributed by atoms with Gasteiger partial charge in [-0.05, 0) is 122 Å². The molecule has 0 saturated carbocycles. The van der Waals surface area contributed by atoms with Gasteiger partial charge in [-0.3, -0.25) is 4.57 Å². The van der Waals surface area contributed by atoms with Gasteiger partial charge in [0.1, 0.15) is 24.0 Å². The molecule has 64 heavy (non-hydrogen) atoms. The summed E-state index contributed by atoms with van der Waals surface area (Å²) in [6, 6.07) is 61.5. The van der Waals surface area contributed by atoms with E-state index in [-0.39, 0.29) is 10.8 Å². The summed E-state index contributed by atoms with van der Waals surface area (Å²) in [4.78, 5) is 9.82. The van der Waals surface area contributed by atoms with Crippen molar-refractivity contribution in [3.63, 3.8) is 0 Å². The van der Waals surface area contributed by atoms with Gasteiger partial charge in [0, 0.05) is 40.5 Å². The Labute approximate surface area is 378 Å². The molecule has 3 heterocycles. The lowest BCUT2D eigenvalue weighted by Crippen LogP contribution is -2.24. The van der Waals surface area contributed by atoms with E-state index in [1.807, 2.05) is 6.20 Å². The molecule has 0 unspecified atom stereocenters. The van der Waals surface area contributed by atoms with Crippen LogP contribution >= 0.6 is 0 Å². The van der Waals surface area contributed by atoms with Crippen molar-refractivity contribution in [3.8, 4) is 39.6 Å². The lowest BCUT2D eigenvalue weighted by atomic mass is 9.85. The molecule has 0 amide bonds. The number of hydrogen-bond acceptors (Lipinski definition) is 4. The van der Waals surface area contributed by atoms with Gasteiger partial charge in [0.2, 0.25) is 0 Å². The molecule has 9 aromatic rings. The van der Waals surface area contributed by atoms with E-state index in [0.29, 0.717) is 12.6 Å². The highest BCUT2D eigenvalue weighted by atomic mass is 16.5. The third kappa shape index (κ3) is 7.59. The Kier molecular flexibility index (Phi) is 10.2. The Morgan fingerprint density at radius 2 is 1.14 bits per heavy atom. The number of pyridine rings is 1. The second-order valence-electron chi connectivity index (χ2n) is 19.6. The summed E-state index contributed by atoms with van der Waals surface area (Å²) in [5.74, 6) is 2.78. The van der Waals surface area contributed by atoms with Crippen molar-refractivity contribution < 1.29 is 4.74 Å². The van der Waals surface area contributed by atoms with Crippen molar-refractivity contribution in [3.05, 3.63) is 193 Å². The molecule has 5 heteroatoms. The van der Waals surface area contributed by atoms with Crippen LogP contribution in [0.5, 0.6) is 11.5 Å². The van der Waals surface area contributed by atoms with Gasteiger partial charge < -0.3 is 14.5 Å². The highest BCUT2D eigenvalue weighted by Gasteiger charge is 2.30. The van der Waals surface area contributed by atoms with Crippen molar-refractivity contribution in [1.29, 1.82) is 0 Å². The van der Waals surface area contributed by atoms with Gasteiger partial charge in [0.25, 0.3) is 0 Å². The van der Waals surface area contributed by atoms with E-state index in [1.165, 1.54) is 50.1 Å². The highest BCUT2D eigenvalue weighted by molar-refractivity contribution is 6.09. The minimum Gasteiger partial charge on any atom is -0.457 e. The number of nitrogens with zero attached hydrogens (tertiary/aromatic N) is 4. The Bertz CT molecular complexity index is 3180. The largest absolute Gasteiger partial charge is 0.457 e. The molecule has 0 spiro atoms. The zero-order valence-corrected chi connectivity index (χ0v) is 38.2. The topological polar surface area (TPSA) is 33.5 Å². The lowest BCUT2D eigenvalue weighted by molar-refractivity contribution is 0.483. The first-order valence-corrected chi connectivity index (χ1v) is 22.6. The first-order valence-electron chi connectivity index (χ1n) is 22.6. The fraction of sp³-hybridized carbons (Fsp3) is 0.203. The number of para-hydroxylation sites is 3. The van der Waals surface area contributed by atoms with Crippen LogP contribution in [-0.4, -0.2) is 16.2 Å². The molecule has 1 aliphatic rings. The Morgan fingerprint density at radius 3 is 1.88 bits per heavy atom. The maximum absolute atomic E-state index is 7.06. The van der Waals surface area contributed by atoms with Crippen molar-refractivity contribution in [2.45, 2.75) is 72.1 Å². The quantitative estimate of drug-likeness (QED) is 0.153. The SMILES string of the molecule is CC(C)c1ccccc1-c1cc(Oc2ccc3c4ccccc4n(-c4cc(C(C)(C)C)ccn4)c3c2)cc(N2CN(c3cc(-c4ccccc4)cc(C(C)(C)C)c3)c3ccccc32)c1. The summed E-state index contributed by atoms with van der Waals surface area (Å²) >= 11 is 0. The molecule has 0 fully saturated rings. The van der Waals surface area contributed by atoms with E-state index < -0.39 is 0 Å². The minimum absolute atomic E-state index is 0.0178. The number of fused-ring (bicyclic) bond motifs is 4. The van der Waals surface area contributed by atoms with E-state index in [4.69, 9.17) is 9.72 Å². The van der Waals surface area contributed by atoms with Crippen LogP contribution < -0.4 is 14.5 Å². The predicted molar refractivity (Wildman–Crippen MR) is 269 cm³/mol. The molecule has 0 N–H and O–H groups in total. The van der Waals surface area contributed by atoms with Crippen LogP contribution in [0.1, 0.15) is 78.0 Å². The van der Waals surface area contributed by atoms with E-state index in [0.717, 1.165) is 50.7 Å². The molecule has 0 saturated heterocycles. The molecular formula is C59H56N4O. The van der Waals surface area contributed by atoms with Crippen LogP contribution in [0.4, 0.5) is 22.7 Å². The first-order chi connectivity index (χ1) is 30.8. The van der Waals surface area contributed by atoms with E-state index in [1.54, 1.807) is 0 Å². The molecule has 10 rings (SSSR count). The van der Waals surface area contributed by atoms with Gasteiger partial charge >= 0.3 is 0 Å². The van der Waals surface area contributed by atoms with E-state index in [2.05, 4.69) is 240 Å². The number of hydrogen-bond donors (Lipinski definition) is 0. The summed E-state index contributed by atoms with van der Waals surface area (Å²) in [6.45, 7) is 18.8. The number of benzene rings is 7. The summed E-state index contributed by atoms with van der Waals surface area (Å²) in [5, 5.41) is 2.34. The Hall–Kier alpha value is -7.11. The second kappa shape index (κ2) is 15.9. The molecular weight excluding hydrogens is 781 g/mol. The zero-order chi connectivity index (χ0) is 44.3. The average Bonchev–Trinajstić information content (AvgIpc) is 3.85. The van der Waals surface area contributed by atoms with Gasteiger partial charge in [0.15, 0.2) is 0 Å². The van der Waals surface area contributed by atoms with Crippen LogP contribution in [0, 0.1) is 0 Å². The van der Waals surface area contributed by atoms with Crippen molar-refractivity contribution in [2.75, 3.05) is 16.5 Å².